The normalized spacial score (nSPS) is 19.2. The number of hydrogen-bond donors (Lipinski definition) is 1. The van der Waals surface area contributed by atoms with Gasteiger partial charge in [-0.3, -0.25) is 0 Å². The Kier molecular flexibility index (Phi) is 4.36. The quantitative estimate of drug-likeness (QED) is 0.867. The number of rotatable bonds is 6. The summed E-state index contributed by atoms with van der Waals surface area (Å²) in [4.78, 5) is 14.9. The lowest BCUT2D eigenvalue weighted by molar-refractivity contribution is 0.180. The first kappa shape index (κ1) is 16.3. The SMILES string of the molecule is CCS(=O)(=O)c1cccc(NC(=O)N(C2CC2)[C@@H](C)C2CC2)c1. The van der Waals surface area contributed by atoms with Crippen molar-refractivity contribution in [2.24, 2.45) is 5.92 Å². The van der Waals surface area contributed by atoms with Crippen LogP contribution < -0.4 is 5.32 Å². The molecule has 0 unspecified atom stereocenters. The third-order valence-electron chi connectivity index (χ3n) is 4.74. The molecule has 0 saturated heterocycles. The minimum absolute atomic E-state index is 0.0529. The third kappa shape index (κ3) is 3.68. The zero-order valence-electron chi connectivity index (χ0n) is 13.7. The fraction of sp³-hybridized carbons (Fsp3) is 0.588. The summed E-state index contributed by atoms with van der Waals surface area (Å²) in [5.74, 6) is 0.672. The summed E-state index contributed by atoms with van der Waals surface area (Å²) in [6.45, 7) is 3.74. The molecule has 0 bridgehead atoms. The van der Waals surface area contributed by atoms with Crippen LogP contribution in [-0.4, -0.2) is 37.2 Å². The maximum Gasteiger partial charge on any atom is 0.322 e. The molecule has 1 aromatic rings. The first-order valence-electron chi connectivity index (χ1n) is 8.34. The molecule has 0 radical (unpaired) electrons. The first-order valence-corrected chi connectivity index (χ1v) is 9.99. The number of carbonyl (C=O) groups is 1. The Morgan fingerprint density at radius 1 is 1.30 bits per heavy atom. The standard InChI is InChI=1S/C17H24N2O3S/c1-3-23(21,22)16-6-4-5-14(11-16)18-17(20)19(15-9-10-15)12(2)13-7-8-13/h4-6,11-13,15H,3,7-10H2,1-2H3,(H,18,20)/t12-/m0/s1. The van der Waals surface area contributed by atoms with Gasteiger partial charge in [0.05, 0.1) is 10.6 Å². The van der Waals surface area contributed by atoms with Gasteiger partial charge < -0.3 is 10.2 Å². The summed E-state index contributed by atoms with van der Waals surface area (Å²) < 4.78 is 23.9. The number of hydrogen-bond acceptors (Lipinski definition) is 3. The summed E-state index contributed by atoms with van der Waals surface area (Å²) in [6.07, 6.45) is 4.52. The van der Waals surface area contributed by atoms with Crippen molar-refractivity contribution in [2.75, 3.05) is 11.1 Å². The van der Waals surface area contributed by atoms with Crippen molar-refractivity contribution in [2.45, 2.75) is 56.5 Å². The summed E-state index contributed by atoms with van der Waals surface area (Å²) in [5, 5.41) is 2.89. The molecule has 0 aromatic heterocycles. The molecule has 6 heteroatoms. The fourth-order valence-electron chi connectivity index (χ4n) is 2.96. The minimum Gasteiger partial charge on any atom is -0.319 e. The van der Waals surface area contributed by atoms with Gasteiger partial charge in [0.25, 0.3) is 0 Å². The number of anilines is 1. The van der Waals surface area contributed by atoms with Crippen LogP contribution in [0.4, 0.5) is 10.5 Å². The van der Waals surface area contributed by atoms with Crippen molar-refractivity contribution in [3.8, 4) is 0 Å². The van der Waals surface area contributed by atoms with Crippen molar-refractivity contribution in [3.63, 3.8) is 0 Å². The van der Waals surface area contributed by atoms with Crippen molar-refractivity contribution in [3.05, 3.63) is 24.3 Å². The second-order valence-corrected chi connectivity index (χ2v) is 8.86. The zero-order valence-corrected chi connectivity index (χ0v) is 14.5. The Balaban J connectivity index is 1.75. The van der Waals surface area contributed by atoms with E-state index in [1.165, 1.54) is 12.8 Å². The van der Waals surface area contributed by atoms with Crippen LogP contribution in [0.15, 0.2) is 29.2 Å². The van der Waals surface area contributed by atoms with Crippen LogP contribution >= 0.6 is 0 Å². The number of urea groups is 1. The second kappa shape index (κ2) is 6.15. The summed E-state index contributed by atoms with van der Waals surface area (Å²) in [6, 6.07) is 7.00. The largest absolute Gasteiger partial charge is 0.322 e. The van der Waals surface area contributed by atoms with Crippen LogP contribution in [0.5, 0.6) is 0 Å². The summed E-state index contributed by atoms with van der Waals surface area (Å²) in [7, 11) is -3.27. The van der Waals surface area contributed by atoms with E-state index in [2.05, 4.69) is 12.2 Å². The molecule has 23 heavy (non-hydrogen) atoms. The van der Waals surface area contributed by atoms with E-state index < -0.39 is 9.84 Å². The van der Waals surface area contributed by atoms with E-state index in [-0.39, 0.29) is 22.7 Å². The molecule has 2 amide bonds. The van der Waals surface area contributed by atoms with E-state index in [9.17, 15) is 13.2 Å². The van der Waals surface area contributed by atoms with Crippen molar-refractivity contribution < 1.29 is 13.2 Å². The van der Waals surface area contributed by atoms with Gasteiger partial charge in [0, 0.05) is 17.8 Å². The molecule has 5 nitrogen and oxygen atoms in total. The molecular formula is C17H24N2O3S. The number of benzene rings is 1. The summed E-state index contributed by atoms with van der Waals surface area (Å²) >= 11 is 0. The molecule has 0 heterocycles. The Hall–Kier alpha value is -1.56. The van der Waals surface area contributed by atoms with Gasteiger partial charge in [-0.05, 0) is 56.7 Å². The van der Waals surface area contributed by atoms with Crippen LogP contribution in [0, 0.1) is 5.92 Å². The lowest BCUT2D eigenvalue weighted by atomic mass is 10.2. The molecule has 2 saturated carbocycles. The molecule has 0 spiro atoms. The Morgan fingerprint density at radius 2 is 2.00 bits per heavy atom. The van der Waals surface area contributed by atoms with Gasteiger partial charge in [-0.1, -0.05) is 13.0 Å². The van der Waals surface area contributed by atoms with Gasteiger partial charge in [0.1, 0.15) is 0 Å². The second-order valence-electron chi connectivity index (χ2n) is 6.58. The van der Waals surface area contributed by atoms with Crippen LogP contribution in [0.2, 0.25) is 0 Å². The number of nitrogens with zero attached hydrogens (tertiary/aromatic N) is 1. The molecular weight excluding hydrogens is 312 g/mol. The van der Waals surface area contributed by atoms with Crippen LogP contribution in [-0.2, 0) is 9.84 Å². The first-order chi connectivity index (χ1) is 10.9. The lowest BCUT2D eigenvalue weighted by Crippen LogP contribution is -2.44. The molecule has 2 aliphatic carbocycles. The summed E-state index contributed by atoms with van der Waals surface area (Å²) in [5.41, 5.74) is 0.540. The topological polar surface area (TPSA) is 66.5 Å². The molecule has 1 N–H and O–H groups in total. The fourth-order valence-corrected chi connectivity index (χ4v) is 3.89. The highest BCUT2D eigenvalue weighted by atomic mass is 32.2. The molecule has 2 aliphatic rings. The Bertz CT molecular complexity index is 694. The molecule has 0 aliphatic heterocycles. The van der Waals surface area contributed by atoms with Gasteiger partial charge in [0.2, 0.25) is 0 Å². The average molecular weight is 336 g/mol. The monoisotopic (exact) mass is 336 g/mol. The molecule has 1 atom stereocenters. The smallest absolute Gasteiger partial charge is 0.319 e. The van der Waals surface area contributed by atoms with E-state index in [0.717, 1.165) is 12.8 Å². The molecule has 126 valence electrons. The lowest BCUT2D eigenvalue weighted by Gasteiger charge is -2.29. The van der Waals surface area contributed by atoms with Gasteiger partial charge >= 0.3 is 6.03 Å². The highest BCUT2D eigenvalue weighted by molar-refractivity contribution is 7.91. The maximum atomic E-state index is 12.7. The predicted octanol–water partition coefficient (Wildman–Crippen LogP) is 3.28. The maximum absolute atomic E-state index is 12.7. The zero-order chi connectivity index (χ0) is 16.6. The number of amides is 2. The van der Waals surface area contributed by atoms with Gasteiger partial charge in [-0.15, -0.1) is 0 Å². The van der Waals surface area contributed by atoms with Crippen LogP contribution in [0.3, 0.4) is 0 Å². The van der Waals surface area contributed by atoms with Gasteiger partial charge in [-0.2, -0.15) is 0 Å². The van der Waals surface area contributed by atoms with Crippen LogP contribution in [0.1, 0.15) is 39.5 Å². The van der Waals surface area contributed by atoms with Crippen molar-refractivity contribution in [1.82, 2.24) is 4.90 Å². The van der Waals surface area contributed by atoms with Gasteiger partial charge in [-0.25, -0.2) is 13.2 Å². The third-order valence-corrected chi connectivity index (χ3v) is 6.47. The highest BCUT2D eigenvalue weighted by Crippen LogP contribution is 2.40. The van der Waals surface area contributed by atoms with E-state index in [1.807, 2.05) is 4.90 Å². The average Bonchev–Trinajstić information content (AvgIpc) is 3.38. The van der Waals surface area contributed by atoms with E-state index in [0.29, 0.717) is 17.6 Å². The van der Waals surface area contributed by atoms with E-state index >= 15 is 0 Å². The Morgan fingerprint density at radius 3 is 2.57 bits per heavy atom. The van der Waals surface area contributed by atoms with E-state index in [1.54, 1.807) is 31.2 Å². The predicted molar refractivity (Wildman–Crippen MR) is 90.2 cm³/mol. The number of sulfone groups is 1. The number of carbonyl (C=O) groups excluding carboxylic acids is 1. The van der Waals surface area contributed by atoms with E-state index in [4.69, 9.17) is 0 Å². The van der Waals surface area contributed by atoms with Crippen molar-refractivity contribution in [1.29, 1.82) is 0 Å². The van der Waals surface area contributed by atoms with Crippen LogP contribution in [0.25, 0.3) is 0 Å². The molecule has 2 fully saturated rings. The minimum atomic E-state index is -3.27. The van der Waals surface area contributed by atoms with Crippen molar-refractivity contribution >= 4 is 21.6 Å². The molecule has 3 rings (SSSR count). The Labute approximate surface area is 138 Å². The highest BCUT2D eigenvalue weighted by Gasteiger charge is 2.41. The number of nitrogens with one attached hydrogen (secondary N) is 1. The molecule has 1 aromatic carbocycles. The van der Waals surface area contributed by atoms with Gasteiger partial charge in [0.15, 0.2) is 9.84 Å².